The van der Waals surface area contributed by atoms with E-state index in [1.807, 2.05) is 6.92 Å². The van der Waals surface area contributed by atoms with Gasteiger partial charge in [0.15, 0.2) is 0 Å². The molecule has 110 valence electrons. The Hall–Kier alpha value is -1.42. The van der Waals surface area contributed by atoms with Gasteiger partial charge in [-0.05, 0) is 36.8 Å². The van der Waals surface area contributed by atoms with E-state index in [2.05, 4.69) is 5.32 Å². The van der Waals surface area contributed by atoms with E-state index in [4.69, 9.17) is 39.9 Å². The van der Waals surface area contributed by atoms with Crippen LogP contribution < -0.4 is 5.32 Å². The minimum absolute atomic E-state index is 0.156. The molecule has 0 spiro atoms. The first-order valence-corrected chi connectivity index (χ1v) is 7.27. The third-order valence-electron chi connectivity index (χ3n) is 3.02. The zero-order chi connectivity index (χ0) is 15.6. The second-order valence-electron chi connectivity index (χ2n) is 4.52. The summed E-state index contributed by atoms with van der Waals surface area (Å²) in [6, 6.07) is 9.86. The molecule has 0 aliphatic heterocycles. The number of halogens is 3. The predicted octanol–water partition coefficient (Wildman–Crippen LogP) is 5.52. The van der Waals surface area contributed by atoms with Crippen LogP contribution in [0.3, 0.4) is 0 Å². The molecule has 0 bridgehead atoms. The van der Waals surface area contributed by atoms with Crippen LogP contribution in [0.1, 0.15) is 28.9 Å². The summed E-state index contributed by atoms with van der Waals surface area (Å²) >= 11 is 18.1. The Morgan fingerprint density at radius 1 is 1.14 bits per heavy atom. The van der Waals surface area contributed by atoms with E-state index in [1.54, 1.807) is 30.3 Å². The molecule has 1 atom stereocenters. The van der Waals surface area contributed by atoms with Crippen molar-refractivity contribution in [3.05, 3.63) is 62.6 Å². The van der Waals surface area contributed by atoms with Crippen LogP contribution in [0.4, 0.5) is 5.69 Å². The maximum absolute atomic E-state index is 11.0. The molecule has 0 saturated carbocycles. The average molecular weight is 345 g/mol. The van der Waals surface area contributed by atoms with E-state index in [0.29, 0.717) is 20.8 Å². The number of carboxylic acid groups (broad SMARTS) is 1. The van der Waals surface area contributed by atoms with Crippen molar-refractivity contribution in [3.63, 3.8) is 0 Å². The molecule has 1 unspecified atom stereocenters. The molecule has 2 aromatic rings. The predicted molar refractivity (Wildman–Crippen MR) is 86.9 cm³/mol. The van der Waals surface area contributed by atoms with Crippen LogP contribution in [-0.4, -0.2) is 11.1 Å². The smallest absolute Gasteiger partial charge is 0.335 e. The van der Waals surface area contributed by atoms with E-state index >= 15 is 0 Å². The number of carbonyl (C=O) groups is 1. The average Bonchev–Trinajstić information content (AvgIpc) is 2.45. The van der Waals surface area contributed by atoms with Gasteiger partial charge in [0.2, 0.25) is 0 Å². The van der Waals surface area contributed by atoms with E-state index in [-0.39, 0.29) is 11.6 Å². The van der Waals surface area contributed by atoms with E-state index < -0.39 is 5.97 Å². The van der Waals surface area contributed by atoms with Crippen LogP contribution in [0.2, 0.25) is 15.1 Å². The second-order valence-corrected chi connectivity index (χ2v) is 5.68. The van der Waals surface area contributed by atoms with Gasteiger partial charge >= 0.3 is 5.97 Å². The number of rotatable bonds is 4. The molecule has 0 aliphatic rings. The summed E-state index contributed by atoms with van der Waals surface area (Å²) in [5, 5.41) is 13.3. The summed E-state index contributed by atoms with van der Waals surface area (Å²) in [5.41, 5.74) is 1.68. The van der Waals surface area contributed by atoms with Crippen LogP contribution in [0.15, 0.2) is 36.4 Å². The third kappa shape index (κ3) is 3.62. The number of nitrogens with one attached hydrogen (secondary N) is 1. The molecule has 0 radical (unpaired) electrons. The lowest BCUT2D eigenvalue weighted by Crippen LogP contribution is -2.08. The van der Waals surface area contributed by atoms with Gasteiger partial charge in [-0.25, -0.2) is 4.79 Å². The van der Waals surface area contributed by atoms with Gasteiger partial charge in [0.1, 0.15) is 0 Å². The molecule has 21 heavy (non-hydrogen) atoms. The fourth-order valence-electron chi connectivity index (χ4n) is 1.95. The highest BCUT2D eigenvalue weighted by atomic mass is 35.5. The van der Waals surface area contributed by atoms with Crippen LogP contribution in [0.25, 0.3) is 0 Å². The molecule has 0 fully saturated rings. The Balaban J connectivity index is 2.26. The van der Waals surface area contributed by atoms with Gasteiger partial charge in [-0.15, -0.1) is 0 Å². The largest absolute Gasteiger partial charge is 0.478 e. The number of aromatic carboxylic acids is 1. The van der Waals surface area contributed by atoms with Crippen molar-refractivity contribution in [1.82, 2.24) is 0 Å². The lowest BCUT2D eigenvalue weighted by atomic mass is 10.1. The second kappa shape index (κ2) is 6.56. The third-order valence-corrected chi connectivity index (χ3v) is 4.33. The van der Waals surface area contributed by atoms with Gasteiger partial charge in [-0.2, -0.15) is 0 Å². The Labute approximate surface area is 137 Å². The van der Waals surface area contributed by atoms with Gasteiger partial charge in [0, 0.05) is 5.69 Å². The lowest BCUT2D eigenvalue weighted by Gasteiger charge is -2.18. The van der Waals surface area contributed by atoms with Gasteiger partial charge in [-0.1, -0.05) is 46.9 Å². The van der Waals surface area contributed by atoms with Crippen molar-refractivity contribution in [2.45, 2.75) is 13.0 Å². The normalized spacial score (nSPS) is 12.0. The Morgan fingerprint density at radius 3 is 2.52 bits per heavy atom. The van der Waals surface area contributed by atoms with Crippen LogP contribution in [0.5, 0.6) is 0 Å². The van der Waals surface area contributed by atoms with Crippen molar-refractivity contribution in [3.8, 4) is 0 Å². The highest BCUT2D eigenvalue weighted by Gasteiger charge is 2.14. The number of benzene rings is 2. The highest BCUT2D eigenvalue weighted by Crippen LogP contribution is 2.36. The molecule has 0 aromatic heterocycles. The molecular formula is C15H12Cl3NO2. The fraction of sp³-hybridized carbons (Fsp3) is 0.133. The van der Waals surface area contributed by atoms with Gasteiger partial charge < -0.3 is 10.4 Å². The first-order chi connectivity index (χ1) is 9.90. The monoisotopic (exact) mass is 343 g/mol. The summed E-state index contributed by atoms with van der Waals surface area (Å²) in [7, 11) is 0. The molecule has 0 amide bonds. The van der Waals surface area contributed by atoms with Crippen molar-refractivity contribution >= 4 is 46.5 Å². The Bertz CT molecular complexity index is 689. The van der Waals surface area contributed by atoms with E-state index in [1.165, 1.54) is 6.07 Å². The van der Waals surface area contributed by atoms with Crippen molar-refractivity contribution < 1.29 is 9.90 Å². The molecule has 0 saturated heterocycles. The van der Waals surface area contributed by atoms with Crippen LogP contribution in [0, 0.1) is 0 Å². The van der Waals surface area contributed by atoms with Gasteiger partial charge in [0.25, 0.3) is 0 Å². The minimum Gasteiger partial charge on any atom is -0.478 e. The van der Waals surface area contributed by atoms with E-state index in [9.17, 15) is 4.79 Å². The zero-order valence-corrected chi connectivity index (χ0v) is 13.3. The molecule has 0 aliphatic carbocycles. The minimum atomic E-state index is -0.973. The molecule has 2 rings (SSSR count). The van der Waals surface area contributed by atoms with Crippen molar-refractivity contribution in [2.75, 3.05) is 5.32 Å². The topological polar surface area (TPSA) is 49.3 Å². The first kappa shape index (κ1) is 16.0. The van der Waals surface area contributed by atoms with Crippen molar-refractivity contribution in [2.24, 2.45) is 0 Å². The molecule has 6 heteroatoms. The maximum Gasteiger partial charge on any atom is 0.335 e. The number of anilines is 1. The highest BCUT2D eigenvalue weighted by molar-refractivity contribution is 6.48. The number of hydrogen-bond donors (Lipinski definition) is 2. The summed E-state index contributed by atoms with van der Waals surface area (Å²) < 4.78 is 0. The molecule has 3 nitrogen and oxygen atoms in total. The summed E-state index contributed by atoms with van der Waals surface area (Å²) in [4.78, 5) is 11.0. The maximum atomic E-state index is 11.0. The Kier molecular flexibility index (Phi) is 4.99. The molecule has 2 aromatic carbocycles. The quantitative estimate of drug-likeness (QED) is 0.718. The fourth-order valence-corrected chi connectivity index (χ4v) is 2.65. The Morgan fingerprint density at radius 2 is 1.86 bits per heavy atom. The van der Waals surface area contributed by atoms with Gasteiger partial charge in [0.05, 0.1) is 26.7 Å². The van der Waals surface area contributed by atoms with Crippen molar-refractivity contribution in [1.29, 1.82) is 0 Å². The summed E-state index contributed by atoms with van der Waals surface area (Å²) in [5.74, 6) is -0.973. The number of hydrogen-bond acceptors (Lipinski definition) is 2. The SMILES string of the molecule is CC(Nc1cccc(C(=O)O)c1)c1ccc(Cl)c(Cl)c1Cl. The zero-order valence-electron chi connectivity index (χ0n) is 11.0. The summed E-state index contributed by atoms with van der Waals surface area (Å²) in [6.07, 6.45) is 0. The lowest BCUT2D eigenvalue weighted by molar-refractivity contribution is 0.0697. The molecule has 2 N–H and O–H groups in total. The molecular weight excluding hydrogens is 333 g/mol. The van der Waals surface area contributed by atoms with Crippen LogP contribution in [-0.2, 0) is 0 Å². The van der Waals surface area contributed by atoms with E-state index in [0.717, 1.165) is 5.56 Å². The first-order valence-electron chi connectivity index (χ1n) is 6.13. The van der Waals surface area contributed by atoms with Gasteiger partial charge in [-0.3, -0.25) is 0 Å². The molecule has 0 heterocycles. The number of carboxylic acids is 1. The standard InChI is InChI=1S/C15H12Cl3NO2/c1-8(11-5-6-12(16)14(18)13(11)17)19-10-4-2-3-9(7-10)15(20)21/h2-8,19H,1H3,(H,20,21). The van der Waals surface area contributed by atoms with Crippen LogP contribution >= 0.6 is 34.8 Å². The summed E-state index contributed by atoms with van der Waals surface area (Å²) in [6.45, 7) is 1.90.